The second-order valence-electron chi connectivity index (χ2n) is 8.32. The zero-order valence-electron chi connectivity index (χ0n) is 17.9. The molecule has 1 saturated heterocycles. The molecule has 0 radical (unpaired) electrons. The van der Waals surface area contributed by atoms with Gasteiger partial charge in [0.15, 0.2) is 0 Å². The first kappa shape index (κ1) is 22.0. The zero-order valence-corrected chi connectivity index (χ0v) is 17.9. The summed E-state index contributed by atoms with van der Waals surface area (Å²) < 4.78 is 13.2. The smallest absolute Gasteiger partial charge is 0.224 e. The molecule has 1 atom stereocenters. The first-order valence-electron chi connectivity index (χ1n) is 10.8. The van der Waals surface area contributed by atoms with Gasteiger partial charge in [-0.25, -0.2) is 4.39 Å². The van der Waals surface area contributed by atoms with Crippen molar-refractivity contribution in [3.05, 3.63) is 65.0 Å². The highest BCUT2D eigenvalue weighted by Crippen LogP contribution is 2.23. The minimum absolute atomic E-state index is 0.0623. The molecule has 0 aliphatic carbocycles. The number of nitrogens with zero attached hydrogens (tertiary/aromatic N) is 1. The van der Waals surface area contributed by atoms with Crippen LogP contribution in [0.15, 0.2) is 42.5 Å². The number of amides is 2. The number of hydrogen-bond acceptors (Lipinski definition) is 2. The summed E-state index contributed by atoms with van der Waals surface area (Å²) >= 11 is 0. The Bertz CT molecular complexity index is 896. The molecule has 0 saturated carbocycles. The fourth-order valence-electron chi connectivity index (χ4n) is 4.13. The van der Waals surface area contributed by atoms with E-state index < -0.39 is 0 Å². The minimum atomic E-state index is -0.306. The van der Waals surface area contributed by atoms with Gasteiger partial charge in [-0.3, -0.25) is 9.59 Å². The molecule has 1 heterocycles. The number of benzene rings is 2. The van der Waals surface area contributed by atoms with Crippen LogP contribution < -0.4 is 5.32 Å². The number of anilines is 1. The van der Waals surface area contributed by atoms with Crippen LogP contribution in [0.25, 0.3) is 0 Å². The highest BCUT2D eigenvalue weighted by atomic mass is 19.1. The predicted molar refractivity (Wildman–Crippen MR) is 118 cm³/mol. The second kappa shape index (κ2) is 10.4. The molecule has 1 aliphatic heterocycles. The van der Waals surface area contributed by atoms with Gasteiger partial charge in [-0.15, -0.1) is 0 Å². The van der Waals surface area contributed by atoms with Gasteiger partial charge in [0.25, 0.3) is 0 Å². The van der Waals surface area contributed by atoms with Crippen molar-refractivity contribution in [3.63, 3.8) is 0 Å². The Morgan fingerprint density at radius 1 is 1.10 bits per heavy atom. The number of hydrogen-bond donors (Lipinski definition) is 1. The number of halogens is 1. The van der Waals surface area contributed by atoms with Gasteiger partial charge in [0.1, 0.15) is 5.82 Å². The Balaban J connectivity index is 1.44. The summed E-state index contributed by atoms with van der Waals surface area (Å²) in [5, 5.41) is 2.87. The summed E-state index contributed by atoms with van der Waals surface area (Å²) in [5.74, 6) is 0.183. The van der Waals surface area contributed by atoms with Gasteiger partial charge in [0.05, 0.1) is 0 Å². The number of aryl methyl sites for hydroxylation is 3. The van der Waals surface area contributed by atoms with Crippen LogP contribution in [-0.4, -0.2) is 29.8 Å². The molecule has 0 aromatic heterocycles. The van der Waals surface area contributed by atoms with Gasteiger partial charge >= 0.3 is 0 Å². The van der Waals surface area contributed by atoms with Crippen molar-refractivity contribution in [3.8, 4) is 0 Å². The van der Waals surface area contributed by atoms with Crippen molar-refractivity contribution in [2.24, 2.45) is 5.92 Å². The van der Waals surface area contributed by atoms with Crippen LogP contribution in [0.4, 0.5) is 10.1 Å². The fourth-order valence-corrected chi connectivity index (χ4v) is 4.13. The monoisotopic (exact) mass is 410 g/mol. The summed E-state index contributed by atoms with van der Waals surface area (Å²) in [6.45, 7) is 5.40. The van der Waals surface area contributed by atoms with Crippen molar-refractivity contribution in [2.75, 3.05) is 18.4 Å². The van der Waals surface area contributed by atoms with Crippen molar-refractivity contribution >= 4 is 17.5 Å². The average Bonchev–Trinajstić information content (AvgIpc) is 2.74. The van der Waals surface area contributed by atoms with Gasteiger partial charge < -0.3 is 10.2 Å². The molecule has 3 rings (SSSR count). The Kier molecular flexibility index (Phi) is 7.61. The quantitative estimate of drug-likeness (QED) is 0.696. The van der Waals surface area contributed by atoms with Crippen molar-refractivity contribution in [1.82, 2.24) is 4.90 Å². The predicted octanol–water partition coefficient (Wildman–Crippen LogP) is 5.03. The van der Waals surface area contributed by atoms with E-state index >= 15 is 0 Å². The van der Waals surface area contributed by atoms with Crippen molar-refractivity contribution in [1.29, 1.82) is 0 Å². The van der Waals surface area contributed by atoms with Gasteiger partial charge in [0, 0.05) is 31.6 Å². The van der Waals surface area contributed by atoms with E-state index in [0.29, 0.717) is 30.0 Å². The molecule has 160 valence electrons. The van der Waals surface area contributed by atoms with E-state index in [2.05, 4.69) is 24.4 Å². The third-order valence-electron chi connectivity index (χ3n) is 5.98. The Labute approximate surface area is 178 Å². The molecule has 2 aromatic rings. The molecule has 0 spiro atoms. The maximum Gasteiger partial charge on any atom is 0.224 e. The molecular formula is C25H31FN2O2. The number of nitrogens with one attached hydrogen (secondary N) is 1. The standard InChI is InChI=1S/C25H31FN2O2/c1-18-6-3-4-8-21(18)10-14-25(30)28-15-5-7-20(17-28)9-13-24(29)27-23-12-11-22(26)16-19(23)2/h3-4,6,8,11-12,16,20H,5,7,9-10,13-15,17H2,1-2H3,(H,27,29)/t20-/m1/s1. The molecular weight excluding hydrogens is 379 g/mol. The lowest BCUT2D eigenvalue weighted by atomic mass is 9.92. The molecule has 1 aliphatic rings. The average molecular weight is 411 g/mol. The SMILES string of the molecule is Cc1ccccc1CCC(=O)N1CCC[C@H](CCC(=O)Nc2ccc(F)cc2C)C1. The van der Waals surface area contributed by atoms with Crippen LogP contribution in [-0.2, 0) is 16.0 Å². The Morgan fingerprint density at radius 2 is 1.90 bits per heavy atom. The van der Waals surface area contributed by atoms with Crippen LogP contribution >= 0.6 is 0 Å². The molecule has 2 amide bonds. The molecule has 1 N–H and O–H groups in total. The summed E-state index contributed by atoms with van der Waals surface area (Å²) in [5.41, 5.74) is 3.82. The topological polar surface area (TPSA) is 49.4 Å². The Hall–Kier alpha value is -2.69. The number of likely N-dealkylation sites (tertiary alicyclic amines) is 1. The van der Waals surface area contributed by atoms with Crippen LogP contribution in [0.5, 0.6) is 0 Å². The van der Waals surface area contributed by atoms with E-state index in [4.69, 9.17) is 0 Å². The first-order valence-corrected chi connectivity index (χ1v) is 10.8. The first-order chi connectivity index (χ1) is 14.4. The second-order valence-corrected chi connectivity index (χ2v) is 8.32. The minimum Gasteiger partial charge on any atom is -0.342 e. The van der Waals surface area contributed by atoms with Crippen molar-refractivity contribution in [2.45, 2.75) is 52.4 Å². The third-order valence-corrected chi connectivity index (χ3v) is 5.98. The lowest BCUT2D eigenvalue weighted by molar-refractivity contribution is -0.133. The number of carbonyl (C=O) groups excluding carboxylic acids is 2. The lowest BCUT2D eigenvalue weighted by Gasteiger charge is -2.33. The summed E-state index contributed by atoms with van der Waals surface area (Å²) in [7, 11) is 0. The van der Waals surface area contributed by atoms with Crippen molar-refractivity contribution < 1.29 is 14.0 Å². The maximum atomic E-state index is 13.2. The van der Waals surface area contributed by atoms with Crippen LogP contribution in [0.3, 0.4) is 0 Å². The number of carbonyl (C=O) groups is 2. The molecule has 2 aromatic carbocycles. The largest absolute Gasteiger partial charge is 0.342 e. The fraction of sp³-hybridized carbons (Fsp3) is 0.440. The molecule has 1 fully saturated rings. The summed E-state index contributed by atoms with van der Waals surface area (Å²) in [4.78, 5) is 27.0. The molecule has 0 bridgehead atoms. The number of piperidine rings is 1. The van der Waals surface area contributed by atoms with Crippen LogP contribution in [0, 0.1) is 25.6 Å². The van der Waals surface area contributed by atoms with Gasteiger partial charge in [-0.1, -0.05) is 24.3 Å². The van der Waals surface area contributed by atoms with Gasteiger partial charge in [-0.05, 0) is 80.3 Å². The van der Waals surface area contributed by atoms with Crippen LogP contribution in [0.1, 0.15) is 48.8 Å². The van der Waals surface area contributed by atoms with Gasteiger partial charge in [0.2, 0.25) is 11.8 Å². The van der Waals surface area contributed by atoms with E-state index in [1.807, 2.05) is 17.0 Å². The normalized spacial score (nSPS) is 16.4. The van der Waals surface area contributed by atoms with E-state index in [9.17, 15) is 14.0 Å². The number of rotatable bonds is 7. The third kappa shape index (κ3) is 6.15. The van der Waals surface area contributed by atoms with Gasteiger partial charge in [-0.2, -0.15) is 0 Å². The van der Waals surface area contributed by atoms with Crippen LogP contribution in [0.2, 0.25) is 0 Å². The molecule has 4 nitrogen and oxygen atoms in total. The zero-order chi connectivity index (χ0) is 21.5. The molecule has 5 heteroatoms. The van der Waals surface area contributed by atoms with E-state index in [0.717, 1.165) is 38.8 Å². The Morgan fingerprint density at radius 3 is 2.67 bits per heavy atom. The van der Waals surface area contributed by atoms with E-state index in [-0.39, 0.29) is 17.6 Å². The maximum absolute atomic E-state index is 13.2. The molecule has 0 unspecified atom stereocenters. The van der Waals surface area contributed by atoms with E-state index in [1.165, 1.54) is 23.3 Å². The molecule has 30 heavy (non-hydrogen) atoms. The lowest BCUT2D eigenvalue weighted by Crippen LogP contribution is -2.40. The highest BCUT2D eigenvalue weighted by Gasteiger charge is 2.24. The van der Waals surface area contributed by atoms with E-state index in [1.54, 1.807) is 13.0 Å². The summed E-state index contributed by atoms with van der Waals surface area (Å²) in [6.07, 6.45) is 4.50. The summed E-state index contributed by atoms with van der Waals surface area (Å²) in [6, 6.07) is 12.6. The highest BCUT2D eigenvalue weighted by molar-refractivity contribution is 5.91.